The van der Waals surface area contributed by atoms with Gasteiger partial charge >= 0.3 is 0 Å². The van der Waals surface area contributed by atoms with Crippen LogP contribution in [0.1, 0.15) is 5.69 Å². The van der Waals surface area contributed by atoms with Gasteiger partial charge in [-0.25, -0.2) is 9.97 Å². The van der Waals surface area contributed by atoms with Gasteiger partial charge in [-0.15, -0.1) is 0 Å². The number of nitrogens with zero attached hydrogens (tertiary/aromatic N) is 3. The summed E-state index contributed by atoms with van der Waals surface area (Å²) in [6.45, 7) is 0.699. The van der Waals surface area contributed by atoms with E-state index in [2.05, 4.69) is 9.97 Å². The predicted octanol–water partition coefficient (Wildman–Crippen LogP) is -1.35. The topological polar surface area (TPSA) is 95.5 Å². The molecule has 6 nitrogen and oxygen atoms in total. The SMILES string of the molecule is NC(=S)c1cnc(N2CC(O)C(O)C2)cn1. The van der Waals surface area contributed by atoms with Crippen LogP contribution < -0.4 is 10.6 Å². The summed E-state index contributed by atoms with van der Waals surface area (Å²) < 4.78 is 0. The van der Waals surface area contributed by atoms with Gasteiger partial charge in [-0.2, -0.15) is 0 Å². The Hall–Kier alpha value is -1.31. The van der Waals surface area contributed by atoms with Crippen molar-refractivity contribution in [1.82, 2.24) is 9.97 Å². The van der Waals surface area contributed by atoms with E-state index in [1.807, 2.05) is 0 Å². The first-order valence-corrected chi connectivity index (χ1v) is 5.21. The first kappa shape index (κ1) is 11.2. The van der Waals surface area contributed by atoms with Crippen molar-refractivity contribution >= 4 is 23.0 Å². The maximum absolute atomic E-state index is 9.39. The van der Waals surface area contributed by atoms with Gasteiger partial charge in [0.2, 0.25) is 0 Å². The third-order valence-corrected chi connectivity index (χ3v) is 2.68. The van der Waals surface area contributed by atoms with Crippen LogP contribution in [0.4, 0.5) is 5.82 Å². The Balaban J connectivity index is 2.14. The number of anilines is 1. The number of β-amino-alcohol motifs (C(OH)–C–C–N with tert-alkyl or cyclic N) is 2. The van der Waals surface area contributed by atoms with Crippen LogP contribution >= 0.6 is 12.2 Å². The molecule has 16 heavy (non-hydrogen) atoms. The minimum Gasteiger partial charge on any atom is -0.389 e. The van der Waals surface area contributed by atoms with E-state index in [-0.39, 0.29) is 4.99 Å². The molecule has 7 heteroatoms. The van der Waals surface area contributed by atoms with Gasteiger partial charge < -0.3 is 20.8 Å². The van der Waals surface area contributed by atoms with Crippen molar-refractivity contribution in [3.05, 3.63) is 18.1 Å². The van der Waals surface area contributed by atoms with Gasteiger partial charge in [0.1, 0.15) is 16.5 Å². The summed E-state index contributed by atoms with van der Waals surface area (Å²) >= 11 is 4.76. The largest absolute Gasteiger partial charge is 0.389 e. The Bertz CT molecular complexity index is 387. The maximum atomic E-state index is 9.39. The molecule has 1 fully saturated rings. The molecular weight excluding hydrogens is 228 g/mol. The molecular formula is C9H12N4O2S. The van der Waals surface area contributed by atoms with Crippen LogP contribution in [0, 0.1) is 0 Å². The summed E-state index contributed by atoms with van der Waals surface area (Å²) in [6.07, 6.45) is 1.53. The number of hydrogen-bond acceptors (Lipinski definition) is 6. The summed E-state index contributed by atoms with van der Waals surface area (Å²) in [5.74, 6) is 0.593. The Morgan fingerprint density at radius 3 is 2.38 bits per heavy atom. The van der Waals surface area contributed by atoms with E-state index in [0.717, 1.165) is 0 Å². The molecule has 2 heterocycles. The van der Waals surface area contributed by atoms with Crippen LogP contribution in [-0.2, 0) is 0 Å². The molecule has 2 atom stereocenters. The molecule has 1 aliphatic rings. The molecule has 0 spiro atoms. The number of nitrogens with two attached hydrogens (primary N) is 1. The van der Waals surface area contributed by atoms with E-state index in [9.17, 15) is 10.2 Å². The summed E-state index contributed by atoms with van der Waals surface area (Å²) in [6, 6.07) is 0. The van der Waals surface area contributed by atoms with Crippen molar-refractivity contribution in [1.29, 1.82) is 0 Å². The second-order valence-electron chi connectivity index (χ2n) is 3.66. The van der Waals surface area contributed by atoms with Crippen LogP contribution in [-0.4, -0.2) is 50.5 Å². The van der Waals surface area contributed by atoms with Crippen molar-refractivity contribution in [2.45, 2.75) is 12.2 Å². The first-order valence-electron chi connectivity index (χ1n) is 4.81. The van der Waals surface area contributed by atoms with Crippen LogP contribution in [0.25, 0.3) is 0 Å². The number of aliphatic hydroxyl groups is 2. The van der Waals surface area contributed by atoms with E-state index in [1.165, 1.54) is 12.4 Å². The molecule has 0 bridgehead atoms. The van der Waals surface area contributed by atoms with Crippen molar-refractivity contribution in [2.24, 2.45) is 5.73 Å². The maximum Gasteiger partial charge on any atom is 0.147 e. The van der Waals surface area contributed by atoms with Crippen LogP contribution in [0.5, 0.6) is 0 Å². The van der Waals surface area contributed by atoms with Gasteiger partial charge in [0, 0.05) is 13.1 Å². The van der Waals surface area contributed by atoms with Gasteiger partial charge in [0.05, 0.1) is 24.6 Å². The highest BCUT2D eigenvalue weighted by molar-refractivity contribution is 7.80. The number of rotatable bonds is 2. The highest BCUT2D eigenvalue weighted by Crippen LogP contribution is 2.17. The third kappa shape index (κ3) is 2.11. The van der Waals surface area contributed by atoms with Crippen molar-refractivity contribution in [3.8, 4) is 0 Å². The number of aromatic nitrogens is 2. The molecule has 4 N–H and O–H groups in total. The Labute approximate surface area is 97.7 Å². The smallest absolute Gasteiger partial charge is 0.147 e. The number of hydrogen-bond donors (Lipinski definition) is 3. The number of aliphatic hydroxyl groups excluding tert-OH is 2. The van der Waals surface area contributed by atoms with E-state index >= 15 is 0 Å². The lowest BCUT2D eigenvalue weighted by Gasteiger charge is -2.15. The molecule has 0 amide bonds. The predicted molar refractivity (Wildman–Crippen MR) is 62.1 cm³/mol. The molecule has 1 aromatic rings. The van der Waals surface area contributed by atoms with Gasteiger partial charge in [-0.05, 0) is 0 Å². The van der Waals surface area contributed by atoms with Gasteiger partial charge in [-0.1, -0.05) is 12.2 Å². The molecule has 0 saturated carbocycles. The summed E-state index contributed by atoms with van der Waals surface area (Å²) in [7, 11) is 0. The monoisotopic (exact) mass is 240 g/mol. The minimum absolute atomic E-state index is 0.195. The van der Waals surface area contributed by atoms with E-state index in [0.29, 0.717) is 24.6 Å². The highest BCUT2D eigenvalue weighted by atomic mass is 32.1. The molecule has 0 aromatic carbocycles. The van der Waals surface area contributed by atoms with Crippen molar-refractivity contribution in [2.75, 3.05) is 18.0 Å². The van der Waals surface area contributed by atoms with Gasteiger partial charge in [0.25, 0.3) is 0 Å². The fourth-order valence-corrected chi connectivity index (χ4v) is 1.67. The van der Waals surface area contributed by atoms with Crippen LogP contribution in [0.3, 0.4) is 0 Å². The molecule has 2 unspecified atom stereocenters. The van der Waals surface area contributed by atoms with Crippen LogP contribution in [0.2, 0.25) is 0 Å². The first-order chi connectivity index (χ1) is 7.58. The zero-order valence-electron chi connectivity index (χ0n) is 8.45. The van der Waals surface area contributed by atoms with Crippen LogP contribution in [0.15, 0.2) is 12.4 Å². The second kappa shape index (κ2) is 4.28. The molecule has 1 saturated heterocycles. The molecule has 0 aliphatic carbocycles. The summed E-state index contributed by atoms with van der Waals surface area (Å²) in [5, 5.41) is 18.8. The Kier molecular flexibility index (Phi) is 2.99. The minimum atomic E-state index is -0.739. The Morgan fingerprint density at radius 1 is 1.31 bits per heavy atom. The van der Waals surface area contributed by atoms with E-state index in [4.69, 9.17) is 18.0 Å². The summed E-state index contributed by atoms with van der Waals surface area (Å²) in [4.78, 5) is 10.1. The standard InChI is InChI=1S/C9H12N4O2S/c10-9(16)5-1-12-8(2-11-5)13-3-6(14)7(15)4-13/h1-2,6-7,14-15H,3-4H2,(H2,10,16). The average Bonchev–Trinajstić information content (AvgIpc) is 2.59. The summed E-state index contributed by atoms with van der Waals surface area (Å²) in [5.41, 5.74) is 5.85. The van der Waals surface area contributed by atoms with Crippen molar-refractivity contribution in [3.63, 3.8) is 0 Å². The lowest BCUT2D eigenvalue weighted by molar-refractivity contribution is 0.0572. The average molecular weight is 240 g/mol. The van der Waals surface area contributed by atoms with Crippen molar-refractivity contribution < 1.29 is 10.2 Å². The van der Waals surface area contributed by atoms with Gasteiger partial charge in [-0.3, -0.25) is 0 Å². The second-order valence-corrected chi connectivity index (χ2v) is 4.10. The number of thiocarbonyl (C=S) groups is 1. The molecule has 2 rings (SSSR count). The quantitative estimate of drug-likeness (QED) is 0.550. The molecule has 0 radical (unpaired) electrons. The fourth-order valence-electron chi connectivity index (χ4n) is 1.57. The Morgan fingerprint density at radius 2 is 1.94 bits per heavy atom. The zero-order chi connectivity index (χ0) is 11.7. The lowest BCUT2D eigenvalue weighted by Crippen LogP contribution is -2.23. The normalized spacial score (nSPS) is 24.8. The lowest BCUT2D eigenvalue weighted by atomic mass is 10.3. The third-order valence-electron chi connectivity index (χ3n) is 2.47. The fraction of sp³-hybridized carbons (Fsp3) is 0.444. The van der Waals surface area contributed by atoms with E-state index < -0.39 is 12.2 Å². The van der Waals surface area contributed by atoms with E-state index in [1.54, 1.807) is 4.90 Å². The zero-order valence-corrected chi connectivity index (χ0v) is 9.26. The molecule has 1 aromatic heterocycles. The van der Waals surface area contributed by atoms with Gasteiger partial charge in [0.15, 0.2) is 0 Å². The highest BCUT2D eigenvalue weighted by Gasteiger charge is 2.30. The molecule has 86 valence electrons. The molecule has 1 aliphatic heterocycles.